The molecule has 4 rings (SSSR count). The quantitative estimate of drug-likeness (QED) is 0.331. The zero-order valence-corrected chi connectivity index (χ0v) is 22.0. The van der Waals surface area contributed by atoms with Gasteiger partial charge in [0.2, 0.25) is 11.8 Å². The van der Waals surface area contributed by atoms with E-state index < -0.39 is 11.6 Å². The number of fused-ring (bicyclic) bond motifs is 1. The first kappa shape index (κ1) is 26.8. The molecule has 1 atom stereocenters. The van der Waals surface area contributed by atoms with E-state index in [0.717, 1.165) is 0 Å². The van der Waals surface area contributed by atoms with Crippen LogP contribution in [0.3, 0.4) is 0 Å². The number of carbonyl (C=O) groups is 2. The summed E-state index contributed by atoms with van der Waals surface area (Å²) in [6.45, 7) is 5.81. The molecule has 8 nitrogen and oxygen atoms in total. The molecule has 1 heterocycles. The number of amides is 2. The number of methoxy groups -OCH3 is 1. The van der Waals surface area contributed by atoms with Crippen molar-refractivity contribution >= 4 is 22.8 Å². The number of ether oxygens (including phenoxy) is 1. The van der Waals surface area contributed by atoms with Crippen molar-refractivity contribution in [3.8, 4) is 5.75 Å². The Morgan fingerprint density at radius 1 is 1.05 bits per heavy atom. The van der Waals surface area contributed by atoms with Crippen LogP contribution in [-0.2, 0) is 22.7 Å². The van der Waals surface area contributed by atoms with Crippen LogP contribution in [0.1, 0.15) is 44.4 Å². The van der Waals surface area contributed by atoms with Crippen molar-refractivity contribution in [1.82, 2.24) is 25.2 Å². The average Bonchev–Trinajstić information content (AvgIpc) is 3.32. The number of nitrogens with zero attached hydrogens (tertiary/aromatic N) is 4. The largest absolute Gasteiger partial charge is 0.497 e. The molecule has 198 valence electrons. The molecule has 38 heavy (non-hydrogen) atoms. The summed E-state index contributed by atoms with van der Waals surface area (Å²) in [5, 5.41) is 11.4. The molecule has 9 heteroatoms. The van der Waals surface area contributed by atoms with Crippen LogP contribution < -0.4 is 10.1 Å². The zero-order chi connectivity index (χ0) is 27.3. The smallest absolute Gasteiger partial charge is 0.247 e. The van der Waals surface area contributed by atoms with Crippen molar-refractivity contribution in [2.24, 2.45) is 0 Å². The third kappa shape index (κ3) is 6.16. The molecule has 1 N–H and O–H groups in total. The van der Waals surface area contributed by atoms with E-state index in [1.165, 1.54) is 21.7 Å². The lowest BCUT2D eigenvalue weighted by Gasteiger charge is -2.34. The number of hydrogen-bond acceptors (Lipinski definition) is 5. The molecule has 1 aromatic heterocycles. The van der Waals surface area contributed by atoms with Gasteiger partial charge in [-0.25, -0.2) is 9.07 Å². The van der Waals surface area contributed by atoms with Gasteiger partial charge < -0.3 is 15.0 Å². The lowest BCUT2D eigenvalue weighted by molar-refractivity contribution is -0.143. The second kappa shape index (κ2) is 11.4. The summed E-state index contributed by atoms with van der Waals surface area (Å²) >= 11 is 0. The normalized spacial score (nSPS) is 12.2. The Morgan fingerprint density at radius 2 is 1.74 bits per heavy atom. The molecule has 0 bridgehead atoms. The number of para-hydroxylation sites is 1. The van der Waals surface area contributed by atoms with Gasteiger partial charge in [-0.05, 0) is 67.8 Å². The lowest BCUT2D eigenvalue weighted by atomic mass is 9.98. The lowest BCUT2D eigenvalue weighted by Crippen LogP contribution is -2.50. The van der Waals surface area contributed by atoms with Crippen molar-refractivity contribution in [3.05, 3.63) is 89.7 Å². The molecular formula is C29H32FN5O3. The van der Waals surface area contributed by atoms with Crippen molar-refractivity contribution < 1.29 is 18.7 Å². The number of aromatic nitrogens is 3. The summed E-state index contributed by atoms with van der Waals surface area (Å²) in [5.41, 5.74) is 2.19. The van der Waals surface area contributed by atoms with E-state index in [9.17, 15) is 14.0 Å². The number of hydrogen-bond donors (Lipinski definition) is 1. The van der Waals surface area contributed by atoms with Gasteiger partial charge in [-0.15, -0.1) is 5.10 Å². The van der Waals surface area contributed by atoms with Crippen molar-refractivity contribution in [2.45, 2.75) is 51.9 Å². The highest BCUT2D eigenvalue weighted by molar-refractivity contribution is 5.89. The van der Waals surface area contributed by atoms with Gasteiger partial charge in [-0.2, -0.15) is 0 Å². The molecule has 1 unspecified atom stereocenters. The van der Waals surface area contributed by atoms with Crippen LogP contribution >= 0.6 is 0 Å². The Bertz CT molecular complexity index is 1400. The Kier molecular flexibility index (Phi) is 8.05. The van der Waals surface area contributed by atoms with E-state index in [0.29, 0.717) is 34.3 Å². The van der Waals surface area contributed by atoms with Crippen LogP contribution in [0.2, 0.25) is 0 Å². The van der Waals surface area contributed by atoms with Gasteiger partial charge in [0.05, 0.1) is 12.6 Å². The second-order valence-corrected chi connectivity index (χ2v) is 9.79. The fourth-order valence-electron chi connectivity index (χ4n) is 4.11. The molecule has 0 radical (unpaired) electrons. The molecule has 3 aromatic carbocycles. The fraction of sp³-hybridized carbons (Fsp3) is 0.310. The number of carbonyl (C=O) groups excluding carboxylic acids is 2. The molecule has 2 amide bonds. The maximum absolute atomic E-state index is 14.0. The molecular weight excluding hydrogens is 485 g/mol. The minimum Gasteiger partial charge on any atom is -0.497 e. The minimum absolute atomic E-state index is 0.0857. The highest BCUT2D eigenvalue weighted by Gasteiger charge is 2.34. The molecule has 4 aromatic rings. The minimum atomic E-state index is -0.959. The highest BCUT2D eigenvalue weighted by atomic mass is 19.1. The Morgan fingerprint density at radius 3 is 2.39 bits per heavy atom. The number of rotatable bonds is 10. The Balaban J connectivity index is 1.77. The van der Waals surface area contributed by atoms with Crippen LogP contribution in [0, 0.1) is 5.82 Å². The third-order valence-electron chi connectivity index (χ3n) is 6.63. The first-order valence-corrected chi connectivity index (χ1v) is 12.5. The number of halogens is 1. The highest BCUT2D eigenvalue weighted by Crippen LogP contribution is 2.28. The molecule has 0 aliphatic heterocycles. The number of benzene rings is 3. The summed E-state index contributed by atoms with van der Waals surface area (Å²) in [6, 6.07) is 19.4. The predicted octanol–water partition coefficient (Wildman–Crippen LogP) is 4.65. The van der Waals surface area contributed by atoms with Crippen molar-refractivity contribution in [1.29, 1.82) is 0 Å². The van der Waals surface area contributed by atoms with E-state index in [1.807, 2.05) is 45.0 Å². The molecule has 0 aliphatic rings. The van der Waals surface area contributed by atoms with Crippen molar-refractivity contribution in [3.63, 3.8) is 0 Å². The topological polar surface area (TPSA) is 89.4 Å². The first-order valence-electron chi connectivity index (χ1n) is 12.5. The van der Waals surface area contributed by atoms with E-state index in [-0.39, 0.29) is 30.7 Å². The summed E-state index contributed by atoms with van der Waals surface area (Å²) < 4.78 is 20.5. The summed E-state index contributed by atoms with van der Waals surface area (Å²) in [6.07, 6.45) is 0.699. The Hall–Kier alpha value is -4.27. The monoisotopic (exact) mass is 517 g/mol. The maximum Gasteiger partial charge on any atom is 0.247 e. The van der Waals surface area contributed by atoms with Crippen LogP contribution in [-0.4, -0.2) is 44.4 Å². The summed E-state index contributed by atoms with van der Waals surface area (Å²) in [5.74, 6) is -0.404. The summed E-state index contributed by atoms with van der Waals surface area (Å²) in [7, 11) is 1.57. The van der Waals surface area contributed by atoms with Crippen molar-refractivity contribution in [2.75, 3.05) is 7.11 Å². The standard InChI is InChI=1S/C29H32FN5O3/c1-5-29(2,3)31-28(37)27(21-12-16-23(38-4)17-13-21)34(18-20-10-14-22(30)15-11-20)26(36)19-35-25-9-7-6-8-24(25)32-33-35/h6-17,27H,5,18-19H2,1-4H3,(H,31,37). The van der Waals surface area contributed by atoms with E-state index in [1.54, 1.807) is 43.5 Å². The van der Waals surface area contributed by atoms with Crippen LogP contribution in [0.4, 0.5) is 4.39 Å². The fourth-order valence-corrected chi connectivity index (χ4v) is 4.11. The SMILES string of the molecule is CCC(C)(C)NC(=O)C(c1ccc(OC)cc1)N(Cc1ccc(F)cc1)C(=O)Cn1nnc2ccccc21. The van der Waals surface area contributed by atoms with Crippen LogP contribution in [0.15, 0.2) is 72.8 Å². The second-order valence-electron chi connectivity index (χ2n) is 9.79. The predicted molar refractivity (Wildman–Crippen MR) is 143 cm³/mol. The van der Waals surface area contributed by atoms with Gasteiger partial charge in [0, 0.05) is 12.1 Å². The van der Waals surface area contributed by atoms with E-state index in [2.05, 4.69) is 15.6 Å². The van der Waals surface area contributed by atoms with Crippen LogP contribution in [0.5, 0.6) is 5.75 Å². The maximum atomic E-state index is 14.0. The average molecular weight is 518 g/mol. The molecule has 0 spiro atoms. The summed E-state index contributed by atoms with van der Waals surface area (Å²) in [4.78, 5) is 29.3. The number of nitrogens with one attached hydrogen (secondary N) is 1. The molecule has 0 saturated heterocycles. The van der Waals surface area contributed by atoms with Gasteiger partial charge in [0.1, 0.15) is 29.7 Å². The van der Waals surface area contributed by atoms with Crippen LogP contribution in [0.25, 0.3) is 11.0 Å². The van der Waals surface area contributed by atoms with E-state index >= 15 is 0 Å². The zero-order valence-electron chi connectivity index (χ0n) is 22.0. The first-order chi connectivity index (χ1) is 18.2. The Labute approximate surface area is 221 Å². The van der Waals surface area contributed by atoms with Gasteiger partial charge in [0.25, 0.3) is 0 Å². The van der Waals surface area contributed by atoms with Gasteiger partial charge in [-0.3, -0.25) is 9.59 Å². The molecule has 0 saturated carbocycles. The van der Waals surface area contributed by atoms with Gasteiger partial charge in [-0.1, -0.05) is 48.5 Å². The third-order valence-corrected chi connectivity index (χ3v) is 6.63. The molecule has 0 aliphatic carbocycles. The van der Waals surface area contributed by atoms with Gasteiger partial charge in [0.15, 0.2) is 0 Å². The van der Waals surface area contributed by atoms with Gasteiger partial charge >= 0.3 is 0 Å². The van der Waals surface area contributed by atoms with E-state index in [4.69, 9.17) is 4.74 Å². The molecule has 0 fully saturated rings.